The van der Waals surface area contributed by atoms with Crippen LogP contribution in [0.5, 0.6) is 0 Å². The molecule has 0 spiro atoms. The summed E-state index contributed by atoms with van der Waals surface area (Å²) in [6.45, 7) is 6.05. The van der Waals surface area contributed by atoms with Gasteiger partial charge in [0.2, 0.25) is 11.7 Å². The van der Waals surface area contributed by atoms with Crippen LogP contribution in [-0.4, -0.2) is 16.3 Å². The van der Waals surface area contributed by atoms with Gasteiger partial charge in [-0.3, -0.25) is 4.79 Å². The summed E-state index contributed by atoms with van der Waals surface area (Å²) in [6.07, 6.45) is 2.55. The summed E-state index contributed by atoms with van der Waals surface area (Å²) in [7, 11) is 0. The van der Waals surface area contributed by atoms with Crippen molar-refractivity contribution in [2.45, 2.75) is 32.7 Å². The fraction of sp³-hybridized carbons (Fsp3) is 0.217. The van der Waals surface area contributed by atoms with Crippen LogP contribution in [0.3, 0.4) is 0 Å². The number of aryl methyl sites for hydroxylation is 1. The molecule has 2 aromatic carbocycles. The predicted octanol–water partition coefficient (Wildman–Crippen LogP) is 4.80. The second kappa shape index (κ2) is 6.54. The maximum atomic E-state index is 13.0. The molecule has 4 heteroatoms. The molecule has 27 heavy (non-hydrogen) atoms. The molecule has 0 saturated carbocycles. The Bertz CT molecular complexity index is 1030. The van der Waals surface area contributed by atoms with Crippen LogP contribution in [0.1, 0.15) is 41.2 Å². The van der Waals surface area contributed by atoms with Crippen molar-refractivity contribution in [3.63, 3.8) is 0 Å². The number of nitrogens with one attached hydrogen (secondary N) is 1. The van der Waals surface area contributed by atoms with E-state index in [1.54, 1.807) is 13.0 Å². The molecular formula is C23H22N2O2. The third kappa shape index (κ3) is 3.43. The number of aromatic nitrogens is 1. The number of allylic oxidation sites excluding steroid dienone is 1. The molecule has 3 aromatic rings. The van der Waals surface area contributed by atoms with Gasteiger partial charge in [0.15, 0.2) is 5.69 Å². The van der Waals surface area contributed by atoms with Gasteiger partial charge in [-0.05, 0) is 44.9 Å². The van der Waals surface area contributed by atoms with E-state index in [1.807, 2.05) is 48.5 Å². The number of rotatable bonds is 3. The van der Waals surface area contributed by atoms with Gasteiger partial charge in [-0.25, -0.2) is 4.98 Å². The molecule has 4 rings (SSSR count). The summed E-state index contributed by atoms with van der Waals surface area (Å²) in [5, 5.41) is 3.49. The first-order valence-corrected chi connectivity index (χ1v) is 9.08. The number of nitrogens with zero attached hydrogens (tertiary/aromatic N) is 1. The van der Waals surface area contributed by atoms with Crippen molar-refractivity contribution < 1.29 is 9.21 Å². The molecule has 0 fully saturated rings. The molecule has 0 radical (unpaired) electrons. The Hall–Kier alpha value is -3.14. The molecule has 0 saturated heterocycles. The van der Waals surface area contributed by atoms with Crippen molar-refractivity contribution in [2.75, 3.05) is 0 Å². The largest absolute Gasteiger partial charge is 0.441 e. The average molecular weight is 358 g/mol. The smallest absolute Gasteiger partial charge is 0.226 e. The van der Waals surface area contributed by atoms with Gasteiger partial charge in [-0.1, -0.05) is 42.5 Å². The SMILES string of the molecule is Cc1oc(-c2ccccc2)nc1C(=O)C=C1NC(C)(C)Cc2ccccc21. The molecule has 2 heterocycles. The van der Waals surface area contributed by atoms with Gasteiger partial charge >= 0.3 is 0 Å². The van der Waals surface area contributed by atoms with E-state index in [0.29, 0.717) is 17.3 Å². The maximum Gasteiger partial charge on any atom is 0.226 e. The van der Waals surface area contributed by atoms with E-state index in [-0.39, 0.29) is 11.3 Å². The molecule has 4 nitrogen and oxygen atoms in total. The summed E-state index contributed by atoms with van der Waals surface area (Å²) in [5.41, 5.74) is 4.22. The maximum absolute atomic E-state index is 13.0. The molecule has 1 aliphatic rings. The van der Waals surface area contributed by atoms with E-state index in [4.69, 9.17) is 4.42 Å². The van der Waals surface area contributed by atoms with Gasteiger partial charge in [0.1, 0.15) is 5.76 Å². The molecular weight excluding hydrogens is 336 g/mol. The lowest BCUT2D eigenvalue weighted by Gasteiger charge is -2.35. The lowest BCUT2D eigenvalue weighted by atomic mass is 9.85. The zero-order chi connectivity index (χ0) is 19.0. The van der Waals surface area contributed by atoms with E-state index < -0.39 is 0 Å². The Morgan fingerprint density at radius 2 is 1.81 bits per heavy atom. The van der Waals surface area contributed by atoms with E-state index in [9.17, 15) is 4.79 Å². The van der Waals surface area contributed by atoms with Crippen molar-refractivity contribution >= 4 is 11.5 Å². The minimum absolute atomic E-state index is 0.117. The fourth-order valence-electron chi connectivity index (χ4n) is 3.53. The number of oxazole rings is 1. The van der Waals surface area contributed by atoms with Crippen molar-refractivity contribution in [3.05, 3.63) is 83.3 Å². The Morgan fingerprint density at radius 3 is 2.59 bits per heavy atom. The first kappa shape index (κ1) is 17.3. The summed E-state index contributed by atoms with van der Waals surface area (Å²) in [5.74, 6) is 0.833. The standard InChI is InChI=1S/C23H22N2O2/c1-15-21(24-22(27-15)16-9-5-4-6-10-16)20(26)13-19-18-12-8-7-11-17(18)14-23(2,3)25-19/h4-13,25H,14H2,1-3H3. The van der Waals surface area contributed by atoms with Crippen LogP contribution < -0.4 is 5.32 Å². The number of ketones is 1. The number of benzene rings is 2. The first-order valence-electron chi connectivity index (χ1n) is 9.08. The Kier molecular flexibility index (Phi) is 4.19. The van der Waals surface area contributed by atoms with Crippen molar-refractivity contribution in [1.82, 2.24) is 10.3 Å². The molecule has 0 amide bonds. The lowest BCUT2D eigenvalue weighted by Crippen LogP contribution is -2.43. The number of carbonyl (C=O) groups excluding carboxylic acids is 1. The topological polar surface area (TPSA) is 55.1 Å². The van der Waals surface area contributed by atoms with E-state index in [1.165, 1.54) is 5.56 Å². The highest BCUT2D eigenvalue weighted by Crippen LogP contribution is 2.30. The molecule has 0 atom stereocenters. The monoisotopic (exact) mass is 358 g/mol. The zero-order valence-electron chi connectivity index (χ0n) is 15.7. The van der Waals surface area contributed by atoms with Crippen molar-refractivity contribution in [3.8, 4) is 11.5 Å². The normalized spacial score (nSPS) is 16.6. The van der Waals surface area contributed by atoms with Crippen LogP contribution in [0.25, 0.3) is 17.2 Å². The second-order valence-corrected chi connectivity index (χ2v) is 7.55. The number of carbonyl (C=O) groups is 1. The second-order valence-electron chi connectivity index (χ2n) is 7.55. The molecule has 1 N–H and O–H groups in total. The summed E-state index contributed by atoms with van der Waals surface area (Å²) in [4.78, 5) is 17.4. The fourth-order valence-corrected chi connectivity index (χ4v) is 3.53. The summed E-state index contributed by atoms with van der Waals surface area (Å²) in [6, 6.07) is 17.8. The average Bonchev–Trinajstić information content (AvgIpc) is 3.03. The van der Waals surface area contributed by atoms with Crippen molar-refractivity contribution in [1.29, 1.82) is 0 Å². The third-order valence-electron chi connectivity index (χ3n) is 4.74. The Balaban J connectivity index is 1.71. The first-order chi connectivity index (χ1) is 12.9. The van der Waals surface area contributed by atoms with Crippen molar-refractivity contribution in [2.24, 2.45) is 0 Å². The van der Waals surface area contributed by atoms with Gasteiger partial charge in [0, 0.05) is 28.4 Å². The molecule has 136 valence electrons. The minimum Gasteiger partial charge on any atom is -0.441 e. The number of fused-ring (bicyclic) bond motifs is 1. The van der Waals surface area contributed by atoms with Gasteiger partial charge in [0.05, 0.1) is 0 Å². The number of hydrogen-bond acceptors (Lipinski definition) is 4. The Morgan fingerprint density at radius 1 is 1.11 bits per heavy atom. The predicted molar refractivity (Wildman–Crippen MR) is 106 cm³/mol. The molecule has 1 aliphatic heterocycles. The zero-order valence-corrected chi connectivity index (χ0v) is 15.7. The van der Waals surface area contributed by atoms with Gasteiger partial charge in [0.25, 0.3) is 0 Å². The molecule has 1 aromatic heterocycles. The van der Waals surface area contributed by atoms with Crippen LogP contribution in [0.4, 0.5) is 0 Å². The van der Waals surface area contributed by atoms with Crippen LogP contribution in [0.2, 0.25) is 0 Å². The summed E-state index contributed by atoms with van der Waals surface area (Å²) >= 11 is 0. The highest BCUT2D eigenvalue weighted by atomic mass is 16.4. The van der Waals surface area contributed by atoms with Crippen LogP contribution in [0, 0.1) is 6.92 Å². The van der Waals surface area contributed by atoms with Crippen LogP contribution in [0.15, 0.2) is 65.1 Å². The molecule has 0 bridgehead atoms. The number of hydrogen-bond donors (Lipinski definition) is 1. The van der Waals surface area contributed by atoms with Gasteiger partial charge in [-0.2, -0.15) is 0 Å². The van der Waals surface area contributed by atoms with Crippen LogP contribution in [-0.2, 0) is 6.42 Å². The van der Waals surface area contributed by atoms with E-state index in [0.717, 1.165) is 23.2 Å². The Labute approximate surface area is 158 Å². The highest BCUT2D eigenvalue weighted by Gasteiger charge is 2.28. The van der Waals surface area contributed by atoms with Crippen LogP contribution >= 0.6 is 0 Å². The third-order valence-corrected chi connectivity index (χ3v) is 4.74. The lowest BCUT2D eigenvalue weighted by molar-refractivity contribution is 0.104. The minimum atomic E-state index is -0.159. The molecule has 0 unspecified atom stereocenters. The van der Waals surface area contributed by atoms with E-state index in [2.05, 4.69) is 30.2 Å². The van der Waals surface area contributed by atoms with Gasteiger partial charge < -0.3 is 9.73 Å². The highest BCUT2D eigenvalue weighted by molar-refractivity contribution is 6.08. The van der Waals surface area contributed by atoms with E-state index >= 15 is 0 Å². The summed E-state index contributed by atoms with van der Waals surface area (Å²) < 4.78 is 5.74. The quantitative estimate of drug-likeness (QED) is 0.540. The molecule has 0 aliphatic carbocycles. The van der Waals surface area contributed by atoms with Gasteiger partial charge in [-0.15, -0.1) is 0 Å².